The lowest BCUT2D eigenvalue weighted by Gasteiger charge is -2.25. The highest BCUT2D eigenvalue weighted by molar-refractivity contribution is 5.31. The van der Waals surface area contributed by atoms with Gasteiger partial charge in [-0.3, -0.25) is 4.90 Å². The van der Waals surface area contributed by atoms with E-state index in [1.165, 1.54) is 32.4 Å². The zero-order valence-electron chi connectivity index (χ0n) is 10.8. The fourth-order valence-electron chi connectivity index (χ4n) is 3.04. The van der Waals surface area contributed by atoms with E-state index in [1.54, 1.807) is 0 Å². The average Bonchev–Trinajstić information content (AvgIpc) is 2.76. The molecule has 1 unspecified atom stereocenters. The van der Waals surface area contributed by atoms with Crippen LogP contribution in [0.25, 0.3) is 0 Å². The van der Waals surface area contributed by atoms with Crippen molar-refractivity contribution in [2.75, 3.05) is 31.1 Å². The maximum Gasteiger partial charge on any atom is 0.225 e. The summed E-state index contributed by atoms with van der Waals surface area (Å²) in [6.45, 7) is 5.09. The molecular formula is C13H21N5. The van der Waals surface area contributed by atoms with Crippen LogP contribution in [-0.2, 0) is 6.54 Å². The predicted molar refractivity (Wildman–Crippen MR) is 71.3 cm³/mol. The minimum absolute atomic E-state index is 0.485. The van der Waals surface area contributed by atoms with Crippen molar-refractivity contribution in [1.29, 1.82) is 0 Å². The van der Waals surface area contributed by atoms with Crippen molar-refractivity contribution in [3.63, 3.8) is 0 Å². The highest BCUT2D eigenvalue weighted by Crippen LogP contribution is 2.23. The van der Waals surface area contributed by atoms with Crippen LogP contribution in [0.5, 0.6) is 0 Å². The molecule has 1 aromatic heterocycles. The van der Waals surface area contributed by atoms with Crippen LogP contribution in [0.3, 0.4) is 0 Å². The first-order valence-electron chi connectivity index (χ1n) is 6.88. The van der Waals surface area contributed by atoms with Crippen LogP contribution in [0.4, 0.5) is 5.95 Å². The summed E-state index contributed by atoms with van der Waals surface area (Å²) in [5.74, 6) is 0.853. The van der Waals surface area contributed by atoms with Gasteiger partial charge in [-0.2, -0.15) is 0 Å². The Kier molecular flexibility index (Phi) is 3.43. The summed E-state index contributed by atoms with van der Waals surface area (Å²) in [6, 6.07) is 2.58. The third-order valence-electron chi connectivity index (χ3n) is 4.00. The Balaban J connectivity index is 1.78. The molecule has 2 fully saturated rings. The van der Waals surface area contributed by atoms with Gasteiger partial charge >= 0.3 is 0 Å². The summed E-state index contributed by atoms with van der Waals surface area (Å²) in [5, 5.41) is 0. The molecule has 2 aliphatic rings. The summed E-state index contributed by atoms with van der Waals surface area (Å²) in [5.41, 5.74) is 6.57. The Hall–Kier alpha value is -1.20. The Morgan fingerprint density at radius 3 is 3.06 bits per heavy atom. The minimum atomic E-state index is 0.485. The highest BCUT2D eigenvalue weighted by Gasteiger charge is 2.29. The molecule has 1 aromatic rings. The molecule has 2 aliphatic heterocycles. The molecule has 5 nitrogen and oxygen atoms in total. The van der Waals surface area contributed by atoms with Crippen molar-refractivity contribution >= 4 is 5.95 Å². The summed E-state index contributed by atoms with van der Waals surface area (Å²) in [4.78, 5) is 13.9. The molecule has 98 valence electrons. The molecule has 1 atom stereocenters. The molecule has 3 heterocycles. The van der Waals surface area contributed by atoms with Crippen LogP contribution < -0.4 is 10.6 Å². The zero-order chi connectivity index (χ0) is 12.4. The average molecular weight is 247 g/mol. The van der Waals surface area contributed by atoms with E-state index in [2.05, 4.69) is 19.8 Å². The first-order chi connectivity index (χ1) is 8.86. The van der Waals surface area contributed by atoms with Gasteiger partial charge in [0.2, 0.25) is 5.95 Å². The Morgan fingerprint density at radius 2 is 2.17 bits per heavy atom. The maximum absolute atomic E-state index is 5.65. The van der Waals surface area contributed by atoms with Crippen LogP contribution in [-0.4, -0.2) is 47.1 Å². The first-order valence-corrected chi connectivity index (χ1v) is 6.88. The monoisotopic (exact) mass is 247 g/mol. The molecule has 18 heavy (non-hydrogen) atoms. The van der Waals surface area contributed by atoms with Gasteiger partial charge in [0, 0.05) is 38.4 Å². The molecule has 2 N–H and O–H groups in total. The van der Waals surface area contributed by atoms with Gasteiger partial charge in [0.05, 0.1) is 5.69 Å². The summed E-state index contributed by atoms with van der Waals surface area (Å²) < 4.78 is 0. The molecular weight excluding hydrogens is 226 g/mol. The minimum Gasteiger partial charge on any atom is -0.339 e. The topological polar surface area (TPSA) is 58.3 Å². The van der Waals surface area contributed by atoms with Crippen LogP contribution in [0.1, 0.15) is 25.0 Å². The highest BCUT2D eigenvalue weighted by atomic mass is 15.3. The number of nitrogens with two attached hydrogens (primary N) is 1. The number of aromatic nitrogens is 2. The van der Waals surface area contributed by atoms with Crippen LogP contribution in [0.2, 0.25) is 0 Å². The molecule has 0 bridgehead atoms. The van der Waals surface area contributed by atoms with Gasteiger partial charge in [0.15, 0.2) is 0 Å². The molecule has 3 rings (SSSR count). The van der Waals surface area contributed by atoms with Crippen molar-refractivity contribution in [1.82, 2.24) is 14.9 Å². The van der Waals surface area contributed by atoms with Gasteiger partial charge in [0.1, 0.15) is 0 Å². The van der Waals surface area contributed by atoms with Gasteiger partial charge in [0.25, 0.3) is 0 Å². The summed E-state index contributed by atoms with van der Waals surface area (Å²) in [6.07, 6.45) is 5.67. The van der Waals surface area contributed by atoms with E-state index in [-0.39, 0.29) is 0 Å². The number of fused-ring (bicyclic) bond motifs is 1. The van der Waals surface area contributed by atoms with Crippen molar-refractivity contribution in [2.24, 2.45) is 5.73 Å². The van der Waals surface area contributed by atoms with Gasteiger partial charge in [-0.15, -0.1) is 0 Å². The zero-order valence-corrected chi connectivity index (χ0v) is 10.8. The van der Waals surface area contributed by atoms with Crippen molar-refractivity contribution < 1.29 is 0 Å². The van der Waals surface area contributed by atoms with E-state index >= 15 is 0 Å². The van der Waals surface area contributed by atoms with Crippen molar-refractivity contribution in [3.05, 3.63) is 18.0 Å². The van der Waals surface area contributed by atoms with E-state index < -0.39 is 0 Å². The van der Waals surface area contributed by atoms with E-state index in [1.807, 2.05) is 12.3 Å². The number of anilines is 1. The summed E-state index contributed by atoms with van der Waals surface area (Å²) >= 11 is 0. The van der Waals surface area contributed by atoms with Crippen LogP contribution in [0.15, 0.2) is 12.3 Å². The predicted octanol–water partition coefficient (Wildman–Crippen LogP) is 0.610. The van der Waals surface area contributed by atoms with Crippen LogP contribution in [0, 0.1) is 0 Å². The third kappa shape index (κ3) is 2.33. The smallest absolute Gasteiger partial charge is 0.225 e. The Labute approximate surface area is 108 Å². The lowest BCUT2D eigenvalue weighted by atomic mass is 10.2. The molecule has 0 spiro atoms. The third-order valence-corrected chi connectivity index (χ3v) is 4.00. The first kappa shape index (κ1) is 11.9. The molecule has 0 radical (unpaired) electrons. The van der Waals surface area contributed by atoms with Crippen LogP contribution >= 0.6 is 0 Å². The molecule has 5 heteroatoms. The molecule has 0 amide bonds. The fourth-order valence-corrected chi connectivity index (χ4v) is 3.04. The quantitative estimate of drug-likeness (QED) is 0.830. The molecule has 0 aliphatic carbocycles. The van der Waals surface area contributed by atoms with E-state index in [4.69, 9.17) is 5.73 Å². The number of hydrogen-bond acceptors (Lipinski definition) is 5. The number of rotatable bonds is 2. The van der Waals surface area contributed by atoms with E-state index in [0.29, 0.717) is 12.6 Å². The second kappa shape index (κ2) is 5.20. The largest absolute Gasteiger partial charge is 0.339 e. The van der Waals surface area contributed by atoms with Crippen molar-refractivity contribution in [3.8, 4) is 0 Å². The molecule has 2 saturated heterocycles. The van der Waals surface area contributed by atoms with Gasteiger partial charge in [-0.25, -0.2) is 9.97 Å². The Bertz CT molecular complexity index is 408. The fraction of sp³-hybridized carbons (Fsp3) is 0.692. The number of nitrogens with zero attached hydrogens (tertiary/aromatic N) is 4. The normalized spacial score (nSPS) is 24.9. The maximum atomic E-state index is 5.65. The van der Waals surface area contributed by atoms with Crippen molar-refractivity contribution in [2.45, 2.75) is 31.8 Å². The second-order valence-electron chi connectivity index (χ2n) is 5.18. The Morgan fingerprint density at radius 1 is 1.28 bits per heavy atom. The lowest BCUT2D eigenvalue weighted by molar-refractivity contribution is 0.273. The van der Waals surface area contributed by atoms with Gasteiger partial charge in [-0.1, -0.05) is 0 Å². The van der Waals surface area contributed by atoms with E-state index in [9.17, 15) is 0 Å². The lowest BCUT2D eigenvalue weighted by Crippen LogP contribution is -2.37. The summed E-state index contributed by atoms with van der Waals surface area (Å²) in [7, 11) is 0. The standard InChI is InChI=1S/C13H21N5/c14-9-11-4-5-15-13(16-11)18-8-2-7-17-6-1-3-12(17)10-18/h4-5,12H,1-3,6-10,14H2. The second-order valence-corrected chi connectivity index (χ2v) is 5.18. The van der Waals surface area contributed by atoms with Gasteiger partial charge < -0.3 is 10.6 Å². The molecule has 0 aromatic carbocycles. The number of hydrogen-bond donors (Lipinski definition) is 1. The SMILES string of the molecule is NCc1ccnc(N2CCCN3CCCC3C2)n1. The van der Waals surface area contributed by atoms with Gasteiger partial charge in [-0.05, 0) is 31.9 Å². The van der Waals surface area contributed by atoms with E-state index in [0.717, 1.165) is 24.7 Å². The molecule has 0 saturated carbocycles.